The Bertz CT molecular complexity index is 2750. The van der Waals surface area contributed by atoms with Crippen LogP contribution in [0.2, 0.25) is 0 Å². The average Bonchev–Trinajstić information content (AvgIpc) is 4.13. The summed E-state index contributed by atoms with van der Waals surface area (Å²) in [5.74, 6) is -1.01. The van der Waals surface area contributed by atoms with Crippen LogP contribution in [-0.4, -0.2) is 86.2 Å². The van der Waals surface area contributed by atoms with Crippen LogP contribution >= 0.6 is 0 Å². The van der Waals surface area contributed by atoms with Gasteiger partial charge in [0.15, 0.2) is 0 Å². The summed E-state index contributed by atoms with van der Waals surface area (Å²) < 4.78 is 3.61. The highest BCUT2D eigenvalue weighted by Crippen LogP contribution is 2.51. The Kier molecular flexibility index (Phi) is 14.7. The SMILES string of the molecule is C/C=C/c1ccc2n(c1=O)C[C@H]1[C@H](CO)[C@@H](C(=O)NCc3ccccc3)N(Cc3cncnc3)[C@@H]21.C/C=C\c1ccc2n(c1=O)C[C@H]1[C@H](CO)[C@@H](C(=O)NCc3ccccc3)N(Cc3cncnc3)[C@@H]21. The largest absolute Gasteiger partial charge is 0.396 e. The van der Waals surface area contributed by atoms with Crippen LogP contribution in [0.5, 0.6) is 0 Å². The van der Waals surface area contributed by atoms with Crippen molar-refractivity contribution in [3.8, 4) is 0 Å². The highest BCUT2D eigenvalue weighted by atomic mass is 16.3. The van der Waals surface area contributed by atoms with Crippen LogP contribution in [0.3, 0.4) is 0 Å². The Morgan fingerprint density at radius 1 is 0.571 bits per heavy atom. The van der Waals surface area contributed by atoms with Gasteiger partial charge >= 0.3 is 0 Å². The molecule has 10 rings (SSSR count). The van der Waals surface area contributed by atoms with E-state index in [1.807, 2.05) is 123 Å². The molecule has 2 fully saturated rings. The summed E-state index contributed by atoms with van der Waals surface area (Å²) >= 11 is 0. The maximum absolute atomic E-state index is 13.6. The molecule has 70 heavy (non-hydrogen) atoms. The molecule has 16 nitrogen and oxygen atoms in total. The van der Waals surface area contributed by atoms with Crippen LogP contribution in [0.15, 0.2) is 144 Å². The number of fused-ring (bicyclic) bond motifs is 6. The van der Waals surface area contributed by atoms with Gasteiger partial charge in [0.1, 0.15) is 12.7 Å². The van der Waals surface area contributed by atoms with E-state index >= 15 is 0 Å². The molecule has 8 atom stereocenters. The van der Waals surface area contributed by atoms with Crippen LogP contribution in [0.1, 0.15) is 70.7 Å². The van der Waals surface area contributed by atoms with Gasteiger partial charge in [-0.25, -0.2) is 19.9 Å². The number of nitrogens with zero attached hydrogens (tertiary/aromatic N) is 8. The van der Waals surface area contributed by atoms with E-state index in [9.17, 15) is 29.4 Å². The summed E-state index contributed by atoms with van der Waals surface area (Å²) in [7, 11) is 0. The molecule has 2 amide bonds. The van der Waals surface area contributed by atoms with Crippen molar-refractivity contribution in [2.24, 2.45) is 23.7 Å². The van der Waals surface area contributed by atoms with Gasteiger partial charge in [-0.1, -0.05) is 85.0 Å². The molecule has 4 aliphatic heterocycles. The molecule has 4 aliphatic rings. The van der Waals surface area contributed by atoms with Gasteiger partial charge in [-0.15, -0.1) is 0 Å². The van der Waals surface area contributed by atoms with Crippen LogP contribution in [0.4, 0.5) is 0 Å². The first-order valence-electron chi connectivity index (χ1n) is 23.8. The molecule has 0 bridgehead atoms. The van der Waals surface area contributed by atoms with Crippen molar-refractivity contribution in [3.63, 3.8) is 0 Å². The zero-order chi connectivity index (χ0) is 48.7. The standard InChI is InChI=1S/2C27H29N5O3/c2*1-2-6-20-9-10-23-24-21(15-31(23)27(20)35)22(16-33)25(32(24)14-19-11-28-17-29-12-19)26(34)30-13-18-7-4-3-5-8-18/h2*2-12,17,21-22,24-25,33H,13-16H2,1H3,(H,30,34)/b6-2+;6-2-/t2*21-,22-,24+,25-/m00/s1. The average molecular weight is 943 g/mol. The number of rotatable bonds is 14. The molecule has 0 spiro atoms. The second kappa shape index (κ2) is 21.6. The zero-order valence-electron chi connectivity index (χ0n) is 39.2. The van der Waals surface area contributed by atoms with Crippen molar-refractivity contribution in [1.82, 2.24) is 49.5 Å². The Balaban J connectivity index is 0.000000174. The number of allylic oxidation sites excluding steroid dienone is 2. The molecule has 0 saturated carbocycles. The third kappa shape index (κ3) is 9.55. The van der Waals surface area contributed by atoms with Crippen molar-refractivity contribution in [3.05, 3.63) is 200 Å². The van der Waals surface area contributed by atoms with E-state index in [2.05, 4.69) is 40.4 Å². The monoisotopic (exact) mass is 942 g/mol. The van der Waals surface area contributed by atoms with E-state index in [1.165, 1.54) is 12.7 Å². The highest BCUT2D eigenvalue weighted by molar-refractivity contribution is 5.83. The van der Waals surface area contributed by atoms with Gasteiger partial charge in [0.05, 0.1) is 24.2 Å². The lowest BCUT2D eigenvalue weighted by Crippen LogP contribution is -2.47. The third-order valence-corrected chi connectivity index (χ3v) is 14.2. The molecule has 4 N–H and O–H groups in total. The quantitative estimate of drug-likeness (QED) is 0.121. The van der Waals surface area contributed by atoms with E-state index in [-0.39, 0.29) is 71.9 Å². The predicted molar refractivity (Wildman–Crippen MR) is 264 cm³/mol. The molecule has 8 heterocycles. The fraction of sp³-hybridized carbons (Fsp3) is 0.333. The molecular weight excluding hydrogens is 885 g/mol. The van der Waals surface area contributed by atoms with E-state index in [0.717, 1.165) is 33.6 Å². The lowest BCUT2D eigenvalue weighted by atomic mass is 9.88. The van der Waals surface area contributed by atoms with E-state index in [0.29, 0.717) is 50.4 Å². The molecule has 16 heteroatoms. The number of hydrogen-bond acceptors (Lipinski definition) is 12. The fourth-order valence-electron chi connectivity index (χ4n) is 11.2. The van der Waals surface area contributed by atoms with Crippen molar-refractivity contribution in [1.29, 1.82) is 0 Å². The molecule has 2 aromatic carbocycles. The van der Waals surface area contributed by atoms with Gasteiger partial charge in [0.25, 0.3) is 11.1 Å². The first-order chi connectivity index (χ1) is 34.2. The number of nitrogens with one attached hydrogen (secondary N) is 2. The van der Waals surface area contributed by atoms with Crippen LogP contribution in [0.25, 0.3) is 12.2 Å². The Labute approximate surface area is 406 Å². The predicted octanol–water partition coefficient (Wildman–Crippen LogP) is 4.30. The minimum absolute atomic E-state index is 0.0419. The number of aliphatic hydroxyl groups excluding tert-OH is 2. The van der Waals surface area contributed by atoms with Gasteiger partial charge in [-0.05, 0) is 49.2 Å². The molecule has 0 radical (unpaired) electrons. The number of aromatic nitrogens is 6. The minimum atomic E-state index is -0.544. The molecule has 0 aliphatic carbocycles. The number of hydrogen-bond donors (Lipinski definition) is 4. The summed E-state index contributed by atoms with van der Waals surface area (Å²) in [6.07, 6.45) is 17.2. The smallest absolute Gasteiger partial charge is 0.258 e. The summed E-state index contributed by atoms with van der Waals surface area (Å²) in [6.45, 7) is 6.13. The molecule has 6 aromatic rings. The Morgan fingerprint density at radius 3 is 1.31 bits per heavy atom. The lowest BCUT2D eigenvalue weighted by molar-refractivity contribution is -0.128. The molecular formula is C54H58N10O6. The van der Waals surface area contributed by atoms with E-state index < -0.39 is 12.1 Å². The van der Waals surface area contributed by atoms with Crippen LogP contribution in [0, 0.1) is 23.7 Å². The number of pyridine rings is 2. The van der Waals surface area contributed by atoms with Gasteiger partial charge in [0.2, 0.25) is 11.8 Å². The Morgan fingerprint density at radius 2 is 0.957 bits per heavy atom. The van der Waals surface area contributed by atoms with Gasteiger partial charge in [-0.2, -0.15) is 0 Å². The topological polar surface area (TPSA) is 201 Å². The van der Waals surface area contributed by atoms with Crippen molar-refractivity contribution >= 4 is 24.0 Å². The van der Waals surface area contributed by atoms with Gasteiger partial charge in [0, 0.05) is 135 Å². The van der Waals surface area contributed by atoms with E-state index in [4.69, 9.17) is 0 Å². The normalized spacial score (nSPS) is 23.4. The second-order valence-electron chi connectivity index (χ2n) is 18.3. The first kappa shape index (κ1) is 47.8. The second-order valence-corrected chi connectivity index (χ2v) is 18.3. The number of likely N-dealkylation sites (tertiary alicyclic amines) is 2. The number of amides is 2. The van der Waals surface area contributed by atoms with Crippen molar-refractivity contribution in [2.45, 2.75) is 77.3 Å². The number of aliphatic hydroxyl groups is 2. The first-order valence-corrected chi connectivity index (χ1v) is 23.8. The third-order valence-electron chi connectivity index (χ3n) is 14.2. The lowest BCUT2D eigenvalue weighted by Gasteiger charge is -2.30. The molecule has 2 saturated heterocycles. The van der Waals surface area contributed by atoms with Gasteiger partial charge in [-0.3, -0.25) is 29.0 Å². The van der Waals surface area contributed by atoms with Crippen LogP contribution in [-0.2, 0) is 48.9 Å². The van der Waals surface area contributed by atoms with Crippen molar-refractivity contribution in [2.75, 3.05) is 13.2 Å². The maximum atomic E-state index is 13.6. The van der Waals surface area contributed by atoms with Crippen molar-refractivity contribution < 1.29 is 19.8 Å². The number of carbonyl (C=O) groups is 2. The summed E-state index contributed by atoms with van der Waals surface area (Å²) in [5, 5.41) is 27.1. The maximum Gasteiger partial charge on any atom is 0.258 e. The number of benzene rings is 2. The zero-order valence-corrected chi connectivity index (χ0v) is 39.2. The minimum Gasteiger partial charge on any atom is -0.396 e. The Hall–Kier alpha value is -7.24. The highest BCUT2D eigenvalue weighted by Gasteiger charge is 2.57. The molecule has 360 valence electrons. The van der Waals surface area contributed by atoms with Gasteiger partial charge < -0.3 is 30.0 Å². The summed E-state index contributed by atoms with van der Waals surface area (Å²) in [5.41, 5.74) is 6.71. The molecule has 0 unspecified atom stereocenters. The fourth-order valence-corrected chi connectivity index (χ4v) is 11.2. The summed E-state index contributed by atoms with van der Waals surface area (Å²) in [4.78, 5) is 74.2. The summed E-state index contributed by atoms with van der Waals surface area (Å²) in [6, 6.07) is 25.7. The van der Waals surface area contributed by atoms with E-state index in [1.54, 1.807) is 33.9 Å². The number of carbonyl (C=O) groups excluding carboxylic acids is 2. The van der Waals surface area contributed by atoms with Crippen LogP contribution < -0.4 is 21.8 Å². The molecule has 4 aromatic heterocycles.